The second-order valence-corrected chi connectivity index (χ2v) is 7.72. The van der Waals surface area contributed by atoms with Gasteiger partial charge in [0.25, 0.3) is 0 Å². The first-order valence-electron chi connectivity index (χ1n) is 10.6. The van der Waals surface area contributed by atoms with E-state index in [9.17, 15) is 5.11 Å². The summed E-state index contributed by atoms with van der Waals surface area (Å²) in [6.45, 7) is 7.22. The first-order chi connectivity index (χ1) is 12.8. The van der Waals surface area contributed by atoms with Crippen molar-refractivity contribution >= 4 is 5.96 Å². The van der Waals surface area contributed by atoms with Crippen LogP contribution in [0.5, 0.6) is 0 Å². The minimum absolute atomic E-state index is 0.194. The van der Waals surface area contributed by atoms with Gasteiger partial charge in [0.1, 0.15) is 0 Å². The van der Waals surface area contributed by atoms with E-state index in [1.54, 1.807) is 0 Å². The van der Waals surface area contributed by atoms with Crippen LogP contribution >= 0.6 is 0 Å². The van der Waals surface area contributed by atoms with Crippen molar-refractivity contribution in [2.45, 2.75) is 70.8 Å². The van der Waals surface area contributed by atoms with Crippen LogP contribution in [0.2, 0.25) is 0 Å². The molecule has 1 aliphatic heterocycles. The van der Waals surface area contributed by atoms with Crippen LogP contribution in [0.4, 0.5) is 0 Å². The molecule has 2 fully saturated rings. The first-order valence-corrected chi connectivity index (χ1v) is 10.6. The second-order valence-electron chi connectivity index (χ2n) is 7.72. The lowest BCUT2D eigenvalue weighted by atomic mass is 9.72. The zero-order valence-electron chi connectivity index (χ0n) is 16.6. The van der Waals surface area contributed by atoms with Crippen molar-refractivity contribution in [2.75, 3.05) is 46.1 Å². The van der Waals surface area contributed by atoms with Gasteiger partial charge in [0.05, 0.1) is 12.7 Å². The molecule has 0 radical (unpaired) electrons. The maximum atomic E-state index is 9.45. The Morgan fingerprint density at radius 2 is 2.08 bits per heavy atom. The van der Waals surface area contributed by atoms with E-state index in [0.29, 0.717) is 6.10 Å². The van der Waals surface area contributed by atoms with E-state index in [-0.39, 0.29) is 12.0 Å². The molecule has 2 aliphatic rings. The van der Waals surface area contributed by atoms with Gasteiger partial charge >= 0.3 is 0 Å². The Labute approximate surface area is 159 Å². The minimum Gasteiger partial charge on any atom is -0.396 e. The van der Waals surface area contributed by atoms with E-state index < -0.39 is 0 Å². The molecule has 6 nitrogen and oxygen atoms in total. The van der Waals surface area contributed by atoms with Crippen LogP contribution in [0.3, 0.4) is 0 Å². The predicted octanol–water partition coefficient (Wildman–Crippen LogP) is 2.46. The molecular formula is C20H39N3O3. The summed E-state index contributed by atoms with van der Waals surface area (Å²) in [5.74, 6) is 0.884. The number of aliphatic hydroxyl groups is 1. The summed E-state index contributed by atoms with van der Waals surface area (Å²) in [5.41, 5.74) is 0.194. The molecular weight excluding hydrogens is 330 g/mol. The van der Waals surface area contributed by atoms with E-state index in [1.165, 1.54) is 32.1 Å². The number of aliphatic hydroxyl groups excluding tert-OH is 1. The molecule has 0 aromatic carbocycles. The highest BCUT2D eigenvalue weighted by Crippen LogP contribution is 2.39. The van der Waals surface area contributed by atoms with E-state index in [1.807, 2.05) is 0 Å². The fourth-order valence-electron chi connectivity index (χ4n) is 3.99. The Morgan fingerprint density at radius 1 is 1.23 bits per heavy atom. The Hall–Kier alpha value is -0.850. The summed E-state index contributed by atoms with van der Waals surface area (Å²) in [6.07, 6.45) is 10.7. The summed E-state index contributed by atoms with van der Waals surface area (Å²) in [6, 6.07) is 0. The number of ether oxygens (including phenoxy) is 2. The highest BCUT2D eigenvalue weighted by atomic mass is 16.5. The highest BCUT2D eigenvalue weighted by molar-refractivity contribution is 5.79. The normalized spacial score (nSPS) is 23.2. The van der Waals surface area contributed by atoms with Crippen molar-refractivity contribution in [3.8, 4) is 0 Å². The Bertz CT molecular complexity index is 386. The van der Waals surface area contributed by atoms with Crippen molar-refractivity contribution < 1.29 is 14.6 Å². The molecule has 1 atom stereocenters. The molecule has 1 unspecified atom stereocenters. The van der Waals surface area contributed by atoms with E-state index in [0.717, 1.165) is 71.1 Å². The lowest BCUT2D eigenvalue weighted by molar-refractivity contribution is 0.0168. The van der Waals surface area contributed by atoms with Gasteiger partial charge in [0.2, 0.25) is 0 Å². The third-order valence-corrected chi connectivity index (χ3v) is 5.56. The van der Waals surface area contributed by atoms with E-state index in [4.69, 9.17) is 14.5 Å². The topological polar surface area (TPSA) is 75.1 Å². The molecule has 6 heteroatoms. The summed E-state index contributed by atoms with van der Waals surface area (Å²) in [4.78, 5) is 4.83. The molecule has 2 rings (SSSR count). The lowest BCUT2D eigenvalue weighted by Crippen LogP contribution is -2.39. The predicted molar refractivity (Wildman–Crippen MR) is 106 cm³/mol. The molecule has 0 spiro atoms. The summed E-state index contributed by atoms with van der Waals surface area (Å²) >= 11 is 0. The van der Waals surface area contributed by atoms with Gasteiger partial charge in [-0.1, -0.05) is 19.3 Å². The van der Waals surface area contributed by atoms with Crippen LogP contribution < -0.4 is 10.6 Å². The standard InChI is InChI=1S/C20H39N3O3/c1-2-21-19(22-12-7-14-25-16-18-8-6-15-26-18)23-17-20(11-13-24)9-4-3-5-10-20/h18,24H,2-17H2,1H3,(H2,21,22,23). The quantitative estimate of drug-likeness (QED) is 0.296. The van der Waals surface area contributed by atoms with Gasteiger partial charge in [-0.3, -0.25) is 4.99 Å². The van der Waals surface area contributed by atoms with Gasteiger partial charge in [-0.05, 0) is 50.9 Å². The maximum Gasteiger partial charge on any atom is 0.191 e. The van der Waals surface area contributed by atoms with Crippen molar-refractivity contribution in [1.82, 2.24) is 10.6 Å². The molecule has 1 saturated heterocycles. The average molecular weight is 370 g/mol. The molecule has 0 aromatic rings. The van der Waals surface area contributed by atoms with Gasteiger partial charge in [-0.25, -0.2) is 0 Å². The van der Waals surface area contributed by atoms with Crippen LogP contribution in [0, 0.1) is 5.41 Å². The van der Waals surface area contributed by atoms with Gasteiger partial charge < -0.3 is 25.2 Å². The van der Waals surface area contributed by atoms with Gasteiger partial charge in [0.15, 0.2) is 5.96 Å². The average Bonchev–Trinajstić information content (AvgIpc) is 3.17. The SMILES string of the molecule is CCNC(=NCC1(CCO)CCCCC1)NCCCOCC1CCCO1. The summed E-state index contributed by atoms with van der Waals surface area (Å²) < 4.78 is 11.3. The molecule has 1 saturated carbocycles. The van der Waals surface area contributed by atoms with Gasteiger partial charge in [-0.2, -0.15) is 0 Å². The van der Waals surface area contributed by atoms with Gasteiger partial charge in [0, 0.05) is 39.5 Å². The lowest BCUT2D eigenvalue weighted by Gasteiger charge is -2.35. The third-order valence-electron chi connectivity index (χ3n) is 5.56. The van der Waals surface area contributed by atoms with Crippen LogP contribution in [-0.4, -0.2) is 63.2 Å². The van der Waals surface area contributed by atoms with Gasteiger partial charge in [-0.15, -0.1) is 0 Å². The monoisotopic (exact) mass is 369 g/mol. The van der Waals surface area contributed by atoms with Crippen molar-refractivity contribution in [3.05, 3.63) is 0 Å². The van der Waals surface area contributed by atoms with Crippen molar-refractivity contribution in [2.24, 2.45) is 10.4 Å². The smallest absolute Gasteiger partial charge is 0.191 e. The number of guanidine groups is 1. The number of aliphatic imine (C=N–C) groups is 1. The largest absolute Gasteiger partial charge is 0.396 e. The van der Waals surface area contributed by atoms with Crippen molar-refractivity contribution in [3.63, 3.8) is 0 Å². The minimum atomic E-state index is 0.194. The molecule has 0 bridgehead atoms. The first kappa shape index (κ1) is 21.5. The zero-order chi connectivity index (χ0) is 18.5. The van der Waals surface area contributed by atoms with Crippen LogP contribution in [0.1, 0.15) is 64.7 Å². The number of hydrogen-bond acceptors (Lipinski definition) is 4. The molecule has 1 heterocycles. The second kappa shape index (κ2) is 12.5. The number of hydrogen-bond donors (Lipinski definition) is 3. The molecule has 26 heavy (non-hydrogen) atoms. The summed E-state index contributed by atoms with van der Waals surface area (Å²) in [5, 5.41) is 16.2. The molecule has 0 aromatic heterocycles. The van der Waals surface area contributed by atoms with Crippen LogP contribution in [0.15, 0.2) is 4.99 Å². The van der Waals surface area contributed by atoms with Crippen LogP contribution in [0.25, 0.3) is 0 Å². The maximum absolute atomic E-state index is 9.45. The highest BCUT2D eigenvalue weighted by Gasteiger charge is 2.31. The molecule has 1 aliphatic carbocycles. The Balaban J connectivity index is 1.67. The Morgan fingerprint density at radius 3 is 2.77 bits per heavy atom. The van der Waals surface area contributed by atoms with Crippen molar-refractivity contribution in [1.29, 1.82) is 0 Å². The summed E-state index contributed by atoms with van der Waals surface area (Å²) in [7, 11) is 0. The molecule has 3 N–H and O–H groups in total. The number of nitrogens with zero attached hydrogens (tertiary/aromatic N) is 1. The fraction of sp³-hybridized carbons (Fsp3) is 0.950. The molecule has 0 amide bonds. The van der Waals surface area contributed by atoms with E-state index in [2.05, 4.69) is 17.6 Å². The Kier molecular flexibility index (Phi) is 10.3. The van der Waals surface area contributed by atoms with E-state index >= 15 is 0 Å². The number of nitrogens with one attached hydrogen (secondary N) is 2. The zero-order valence-corrected chi connectivity index (χ0v) is 16.6. The van der Waals surface area contributed by atoms with Crippen LogP contribution in [-0.2, 0) is 9.47 Å². The number of rotatable bonds is 11. The molecule has 152 valence electrons. The fourth-order valence-corrected chi connectivity index (χ4v) is 3.99. The third kappa shape index (κ3) is 7.80.